The van der Waals surface area contributed by atoms with Gasteiger partial charge in [0.2, 0.25) is 0 Å². The summed E-state index contributed by atoms with van der Waals surface area (Å²) in [6.45, 7) is 0. The molecule has 1 saturated carbocycles. The van der Waals surface area contributed by atoms with Crippen molar-refractivity contribution in [3.05, 3.63) is 58.5 Å². The van der Waals surface area contributed by atoms with E-state index < -0.39 is 0 Å². The number of benzene rings is 1. The molecule has 0 aliphatic heterocycles. The minimum atomic E-state index is 0.490. The van der Waals surface area contributed by atoms with E-state index in [4.69, 9.17) is 16.0 Å². The first-order valence-corrected chi connectivity index (χ1v) is 8.25. The molecular formula is C18H20ClNO. The van der Waals surface area contributed by atoms with E-state index in [1.165, 1.54) is 42.6 Å². The molecule has 0 radical (unpaired) electrons. The highest BCUT2D eigenvalue weighted by Gasteiger charge is 2.33. The highest BCUT2D eigenvalue weighted by atomic mass is 35.5. The number of nitrogens with one attached hydrogen (secondary N) is 1. The Morgan fingerprint density at radius 3 is 2.71 bits per heavy atom. The quantitative estimate of drug-likeness (QED) is 0.877. The maximum Gasteiger partial charge on any atom is 0.108 e. The summed E-state index contributed by atoms with van der Waals surface area (Å²) in [6.07, 6.45) is 7.84. The highest BCUT2D eigenvalue weighted by molar-refractivity contribution is 6.30. The second-order valence-electron chi connectivity index (χ2n) is 6.33. The standard InChI is InChI=1S/C18H20ClNO/c19-14-6-4-12(5-7-14)13-10-15(11-13)20-17-2-1-3-18-16(17)8-9-21-18/h4-9,13,15,17,20H,1-3,10-11H2. The van der Waals surface area contributed by atoms with Crippen LogP contribution in [-0.2, 0) is 6.42 Å². The van der Waals surface area contributed by atoms with Gasteiger partial charge in [0, 0.05) is 29.1 Å². The molecule has 0 bridgehead atoms. The smallest absolute Gasteiger partial charge is 0.108 e. The maximum atomic E-state index is 5.95. The van der Waals surface area contributed by atoms with Crippen molar-refractivity contribution in [2.45, 2.75) is 50.1 Å². The molecule has 2 nitrogen and oxygen atoms in total. The van der Waals surface area contributed by atoms with E-state index in [-0.39, 0.29) is 0 Å². The third kappa shape index (κ3) is 2.63. The zero-order chi connectivity index (χ0) is 14.2. The van der Waals surface area contributed by atoms with Crippen molar-refractivity contribution in [1.82, 2.24) is 5.32 Å². The third-order valence-corrected chi connectivity index (χ3v) is 5.22. The molecule has 1 heterocycles. The molecule has 1 N–H and O–H groups in total. The number of fused-ring (bicyclic) bond motifs is 1. The second kappa shape index (κ2) is 5.51. The van der Waals surface area contributed by atoms with Crippen LogP contribution in [0, 0.1) is 0 Å². The lowest BCUT2D eigenvalue weighted by molar-refractivity contribution is 0.252. The lowest BCUT2D eigenvalue weighted by Gasteiger charge is -2.39. The summed E-state index contributed by atoms with van der Waals surface area (Å²) in [4.78, 5) is 0. The summed E-state index contributed by atoms with van der Waals surface area (Å²) in [6, 6.07) is 11.6. The summed E-state index contributed by atoms with van der Waals surface area (Å²) in [5.41, 5.74) is 2.81. The Bertz CT molecular complexity index is 612. The van der Waals surface area contributed by atoms with Crippen molar-refractivity contribution in [2.24, 2.45) is 0 Å². The zero-order valence-corrected chi connectivity index (χ0v) is 12.8. The van der Waals surface area contributed by atoms with E-state index in [9.17, 15) is 0 Å². The number of rotatable bonds is 3. The van der Waals surface area contributed by atoms with Gasteiger partial charge in [-0.2, -0.15) is 0 Å². The number of furan rings is 1. The fourth-order valence-electron chi connectivity index (χ4n) is 3.71. The summed E-state index contributed by atoms with van der Waals surface area (Å²) in [7, 11) is 0. The predicted octanol–water partition coefficient (Wildman–Crippen LogP) is 4.85. The van der Waals surface area contributed by atoms with Crippen LogP contribution in [0.5, 0.6) is 0 Å². The van der Waals surface area contributed by atoms with E-state index in [2.05, 4.69) is 23.5 Å². The van der Waals surface area contributed by atoms with Crippen molar-refractivity contribution in [1.29, 1.82) is 0 Å². The first kappa shape index (κ1) is 13.4. The maximum absolute atomic E-state index is 5.95. The highest BCUT2D eigenvalue weighted by Crippen LogP contribution is 2.40. The normalized spacial score (nSPS) is 28.0. The second-order valence-corrected chi connectivity index (χ2v) is 6.76. The van der Waals surface area contributed by atoms with E-state index in [0.717, 1.165) is 11.4 Å². The molecule has 0 amide bonds. The van der Waals surface area contributed by atoms with Crippen LogP contribution in [0.2, 0.25) is 5.02 Å². The van der Waals surface area contributed by atoms with Crippen molar-refractivity contribution in [3.63, 3.8) is 0 Å². The lowest BCUT2D eigenvalue weighted by Crippen LogP contribution is -2.42. The Kier molecular flexibility index (Phi) is 3.52. The fraction of sp³-hybridized carbons (Fsp3) is 0.444. The molecule has 4 rings (SSSR count). The minimum absolute atomic E-state index is 0.490. The van der Waals surface area contributed by atoms with E-state index in [0.29, 0.717) is 18.0 Å². The Hall–Kier alpha value is -1.25. The molecule has 2 aliphatic rings. The average molecular weight is 302 g/mol. The van der Waals surface area contributed by atoms with Gasteiger partial charge in [-0.3, -0.25) is 0 Å². The van der Waals surface area contributed by atoms with Crippen LogP contribution in [0.4, 0.5) is 0 Å². The summed E-state index contributed by atoms with van der Waals surface area (Å²) < 4.78 is 5.57. The van der Waals surface area contributed by atoms with Crippen LogP contribution in [-0.4, -0.2) is 6.04 Å². The molecule has 110 valence electrons. The minimum Gasteiger partial charge on any atom is -0.469 e. The van der Waals surface area contributed by atoms with Crippen LogP contribution >= 0.6 is 11.6 Å². The molecule has 1 aromatic carbocycles. The fourth-order valence-corrected chi connectivity index (χ4v) is 3.83. The lowest BCUT2D eigenvalue weighted by atomic mass is 9.75. The number of halogens is 1. The van der Waals surface area contributed by atoms with Gasteiger partial charge < -0.3 is 9.73 Å². The largest absolute Gasteiger partial charge is 0.469 e. The number of hydrogen-bond donors (Lipinski definition) is 1. The van der Waals surface area contributed by atoms with Gasteiger partial charge in [-0.1, -0.05) is 23.7 Å². The molecule has 2 aromatic rings. The Labute approximate surface area is 130 Å². The van der Waals surface area contributed by atoms with Crippen molar-refractivity contribution in [3.8, 4) is 0 Å². The molecule has 1 unspecified atom stereocenters. The van der Waals surface area contributed by atoms with E-state index in [1.54, 1.807) is 0 Å². The van der Waals surface area contributed by atoms with Crippen molar-refractivity contribution >= 4 is 11.6 Å². The molecular weight excluding hydrogens is 282 g/mol. The van der Waals surface area contributed by atoms with Gasteiger partial charge in [0.15, 0.2) is 0 Å². The van der Waals surface area contributed by atoms with Crippen molar-refractivity contribution < 1.29 is 4.42 Å². The summed E-state index contributed by atoms with van der Waals surface area (Å²) in [5.74, 6) is 1.87. The molecule has 2 aliphatic carbocycles. The summed E-state index contributed by atoms with van der Waals surface area (Å²) in [5, 5.41) is 4.64. The van der Waals surface area contributed by atoms with Crippen molar-refractivity contribution in [2.75, 3.05) is 0 Å². The average Bonchev–Trinajstić information content (AvgIpc) is 2.93. The van der Waals surface area contributed by atoms with Crippen LogP contribution < -0.4 is 5.32 Å². The molecule has 1 fully saturated rings. The van der Waals surface area contributed by atoms with Gasteiger partial charge in [0.25, 0.3) is 0 Å². The van der Waals surface area contributed by atoms with E-state index in [1.807, 2.05) is 18.4 Å². The molecule has 1 atom stereocenters. The third-order valence-electron chi connectivity index (χ3n) is 4.97. The molecule has 1 aromatic heterocycles. The number of hydrogen-bond acceptors (Lipinski definition) is 2. The first-order chi connectivity index (χ1) is 10.3. The van der Waals surface area contributed by atoms with Gasteiger partial charge >= 0.3 is 0 Å². The van der Waals surface area contributed by atoms with Crippen LogP contribution in [0.3, 0.4) is 0 Å². The monoisotopic (exact) mass is 301 g/mol. The zero-order valence-electron chi connectivity index (χ0n) is 12.0. The van der Waals surface area contributed by atoms with Gasteiger partial charge in [-0.05, 0) is 55.4 Å². The number of aryl methyl sites for hydroxylation is 1. The van der Waals surface area contributed by atoms with Gasteiger partial charge in [0.1, 0.15) is 5.76 Å². The first-order valence-electron chi connectivity index (χ1n) is 7.87. The van der Waals surface area contributed by atoms with Crippen LogP contribution in [0.1, 0.15) is 54.5 Å². The van der Waals surface area contributed by atoms with Crippen LogP contribution in [0.15, 0.2) is 41.0 Å². The molecule has 0 saturated heterocycles. The van der Waals surface area contributed by atoms with Gasteiger partial charge in [-0.15, -0.1) is 0 Å². The predicted molar refractivity (Wildman–Crippen MR) is 84.7 cm³/mol. The van der Waals surface area contributed by atoms with Crippen LogP contribution in [0.25, 0.3) is 0 Å². The topological polar surface area (TPSA) is 25.2 Å². The molecule has 0 spiro atoms. The Balaban J connectivity index is 1.36. The SMILES string of the molecule is Clc1ccc(C2CC(NC3CCCc4occc43)C2)cc1. The Morgan fingerprint density at radius 2 is 1.90 bits per heavy atom. The van der Waals surface area contributed by atoms with E-state index >= 15 is 0 Å². The Morgan fingerprint density at radius 1 is 1.10 bits per heavy atom. The van der Waals surface area contributed by atoms with Gasteiger partial charge in [0.05, 0.1) is 6.26 Å². The molecule has 3 heteroatoms. The molecule has 21 heavy (non-hydrogen) atoms. The summed E-state index contributed by atoms with van der Waals surface area (Å²) >= 11 is 5.95. The van der Waals surface area contributed by atoms with Gasteiger partial charge in [-0.25, -0.2) is 0 Å².